The molecule has 0 aliphatic carbocycles. The number of ether oxygens (including phenoxy) is 1. The number of carbonyl (C=O) groups excluding carboxylic acids is 3. The van der Waals surface area contributed by atoms with E-state index in [1.165, 1.54) is 0 Å². The first-order chi connectivity index (χ1) is 17.2. The van der Waals surface area contributed by atoms with Crippen molar-refractivity contribution in [3.05, 3.63) is 35.4 Å². The molecule has 0 radical (unpaired) electrons. The van der Waals surface area contributed by atoms with E-state index in [2.05, 4.69) is 23.5 Å². The molecule has 2 N–H and O–H groups in total. The SMILES string of the molecule is C#Cc1ccccc1C(C(=O)NCCCCC)N(C(=O)C(NC(=O)OC(C)(C)C)C(C)CC)C(C)(C)C. The second-order valence-electron chi connectivity index (χ2n) is 11.5. The molecule has 37 heavy (non-hydrogen) atoms. The number of alkyl carbamates (subject to hydrolysis) is 1. The zero-order valence-electron chi connectivity index (χ0n) is 24.2. The van der Waals surface area contributed by atoms with E-state index in [1.807, 2.05) is 46.8 Å². The largest absolute Gasteiger partial charge is 0.444 e. The van der Waals surface area contributed by atoms with Gasteiger partial charge in [-0.3, -0.25) is 9.59 Å². The highest BCUT2D eigenvalue weighted by atomic mass is 16.6. The van der Waals surface area contributed by atoms with Gasteiger partial charge in [0.2, 0.25) is 11.8 Å². The lowest BCUT2D eigenvalue weighted by molar-refractivity contribution is -0.149. The second kappa shape index (κ2) is 14.1. The predicted molar refractivity (Wildman–Crippen MR) is 149 cm³/mol. The Labute approximate surface area is 224 Å². The van der Waals surface area contributed by atoms with Crippen LogP contribution in [0.15, 0.2) is 24.3 Å². The van der Waals surface area contributed by atoms with Gasteiger partial charge in [-0.25, -0.2) is 4.79 Å². The molecule has 0 aliphatic heterocycles. The summed E-state index contributed by atoms with van der Waals surface area (Å²) in [6.45, 7) is 17.4. The van der Waals surface area contributed by atoms with Gasteiger partial charge in [0.25, 0.3) is 0 Å². The first kappa shape index (κ1) is 32.0. The molecule has 0 bridgehead atoms. The molecule has 0 aromatic heterocycles. The van der Waals surface area contributed by atoms with E-state index in [1.54, 1.807) is 37.8 Å². The van der Waals surface area contributed by atoms with Gasteiger partial charge in [-0.2, -0.15) is 0 Å². The van der Waals surface area contributed by atoms with Gasteiger partial charge in [0.15, 0.2) is 0 Å². The van der Waals surface area contributed by atoms with Gasteiger partial charge in [-0.1, -0.05) is 64.2 Å². The number of rotatable bonds is 11. The molecular weight excluding hydrogens is 466 g/mol. The van der Waals surface area contributed by atoms with E-state index in [-0.39, 0.29) is 17.7 Å². The lowest BCUT2D eigenvalue weighted by atomic mass is 9.90. The van der Waals surface area contributed by atoms with Crippen LogP contribution in [0.25, 0.3) is 0 Å². The van der Waals surface area contributed by atoms with Crippen molar-refractivity contribution in [2.75, 3.05) is 6.54 Å². The zero-order valence-corrected chi connectivity index (χ0v) is 24.2. The number of nitrogens with one attached hydrogen (secondary N) is 2. The van der Waals surface area contributed by atoms with Gasteiger partial charge in [-0.15, -0.1) is 6.42 Å². The molecule has 3 atom stereocenters. The Morgan fingerprint density at radius 3 is 2.19 bits per heavy atom. The maximum atomic E-state index is 14.3. The summed E-state index contributed by atoms with van der Waals surface area (Å²) in [6.07, 6.45) is 8.63. The summed E-state index contributed by atoms with van der Waals surface area (Å²) in [5.74, 6) is 1.79. The fourth-order valence-electron chi connectivity index (χ4n) is 4.06. The molecule has 7 nitrogen and oxygen atoms in total. The Bertz CT molecular complexity index is 953. The number of hydrogen-bond donors (Lipinski definition) is 2. The first-order valence-corrected chi connectivity index (χ1v) is 13.3. The summed E-state index contributed by atoms with van der Waals surface area (Å²) in [4.78, 5) is 42.4. The van der Waals surface area contributed by atoms with E-state index < -0.39 is 29.3 Å². The number of carbonyl (C=O) groups is 3. The monoisotopic (exact) mass is 513 g/mol. The Balaban J connectivity index is 3.61. The average molecular weight is 514 g/mol. The number of nitrogens with zero attached hydrogens (tertiary/aromatic N) is 1. The van der Waals surface area contributed by atoms with Crippen LogP contribution in [-0.2, 0) is 14.3 Å². The van der Waals surface area contributed by atoms with E-state index in [0.29, 0.717) is 24.1 Å². The van der Waals surface area contributed by atoms with Crippen LogP contribution in [0.2, 0.25) is 0 Å². The van der Waals surface area contributed by atoms with Crippen molar-refractivity contribution in [2.45, 2.75) is 111 Å². The van der Waals surface area contributed by atoms with E-state index >= 15 is 0 Å². The van der Waals surface area contributed by atoms with Crippen molar-refractivity contribution in [3.63, 3.8) is 0 Å². The maximum Gasteiger partial charge on any atom is 0.408 e. The van der Waals surface area contributed by atoms with Crippen LogP contribution in [0.1, 0.15) is 105 Å². The molecule has 206 valence electrons. The van der Waals surface area contributed by atoms with Crippen molar-refractivity contribution in [2.24, 2.45) is 5.92 Å². The van der Waals surface area contributed by atoms with Crippen molar-refractivity contribution in [1.82, 2.24) is 15.5 Å². The smallest absolute Gasteiger partial charge is 0.408 e. The van der Waals surface area contributed by atoms with Crippen LogP contribution < -0.4 is 10.6 Å². The van der Waals surface area contributed by atoms with Crippen LogP contribution in [0, 0.1) is 18.3 Å². The fourth-order valence-corrected chi connectivity index (χ4v) is 4.06. The molecule has 0 spiro atoms. The van der Waals surface area contributed by atoms with Crippen LogP contribution in [0.5, 0.6) is 0 Å². The van der Waals surface area contributed by atoms with Crippen molar-refractivity contribution < 1.29 is 19.1 Å². The molecule has 0 heterocycles. The van der Waals surface area contributed by atoms with Crippen LogP contribution >= 0.6 is 0 Å². The average Bonchev–Trinajstić information content (AvgIpc) is 2.80. The Morgan fingerprint density at radius 1 is 1.05 bits per heavy atom. The van der Waals surface area contributed by atoms with Gasteiger partial charge in [-0.05, 0) is 65.5 Å². The number of terminal acetylenes is 1. The van der Waals surface area contributed by atoms with E-state index in [4.69, 9.17) is 11.2 Å². The summed E-state index contributed by atoms with van der Waals surface area (Å²) in [5, 5.41) is 5.80. The van der Waals surface area contributed by atoms with Crippen LogP contribution in [0.3, 0.4) is 0 Å². The van der Waals surface area contributed by atoms with Gasteiger partial charge in [0.05, 0.1) is 0 Å². The second-order valence-corrected chi connectivity index (χ2v) is 11.5. The summed E-state index contributed by atoms with van der Waals surface area (Å²) in [7, 11) is 0. The number of unbranched alkanes of at least 4 members (excludes halogenated alkanes) is 2. The summed E-state index contributed by atoms with van der Waals surface area (Å²) >= 11 is 0. The number of amides is 3. The van der Waals surface area contributed by atoms with Gasteiger partial charge in [0.1, 0.15) is 17.7 Å². The lowest BCUT2D eigenvalue weighted by Crippen LogP contribution is -2.60. The molecular formula is C30H47N3O4. The normalized spacial score (nSPS) is 14.1. The van der Waals surface area contributed by atoms with Crippen molar-refractivity contribution >= 4 is 17.9 Å². The zero-order chi connectivity index (χ0) is 28.4. The minimum Gasteiger partial charge on any atom is -0.444 e. The summed E-state index contributed by atoms with van der Waals surface area (Å²) in [5.41, 5.74) is -0.380. The van der Waals surface area contributed by atoms with Crippen molar-refractivity contribution in [1.29, 1.82) is 0 Å². The van der Waals surface area contributed by atoms with Gasteiger partial charge < -0.3 is 20.3 Å². The molecule has 0 aliphatic rings. The van der Waals surface area contributed by atoms with Crippen LogP contribution in [-0.4, -0.2) is 46.5 Å². The lowest BCUT2D eigenvalue weighted by Gasteiger charge is -2.44. The van der Waals surface area contributed by atoms with Crippen LogP contribution in [0.4, 0.5) is 4.79 Å². The first-order valence-electron chi connectivity index (χ1n) is 13.3. The van der Waals surface area contributed by atoms with E-state index in [0.717, 1.165) is 19.3 Å². The maximum absolute atomic E-state index is 14.3. The molecule has 1 aromatic carbocycles. The molecule has 3 unspecified atom stereocenters. The molecule has 0 saturated heterocycles. The predicted octanol–water partition coefficient (Wildman–Crippen LogP) is 5.58. The summed E-state index contributed by atoms with van der Waals surface area (Å²) < 4.78 is 5.46. The summed E-state index contributed by atoms with van der Waals surface area (Å²) in [6, 6.07) is 5.30. The standard InChI is InChI=1S/C30H47N3O4/c1-11-14-17-20-31-26(34)25(23-19-16-15-18-22(23)13-3)33(29(5,6)7)27(35)24(21(4)12-2)32-28(36)37-30(8,9)10/h3,15-16,18-19,21,24-25H,11-12,14,17,20H2,1-2,4-10H3,(H,31,34)(H,32,36). The fraction of sp³-hybridized carbons (Fsp3) is 0.633. The molecule has 0 fully saturated rings. The Kier molecular flexibility index (Phi) is 12.2. The minimum absolute atomic E-state index is 0.207. The third-order valence-corrected chi connectivity index (χ3v) is 6.11. The quantitative estimate of drug-likeness (QED) is 0.299. The topological polar surface area (TPSA) is 87.7 Å². The molecule has 3 amide bonds. The highest BCUT2D eigenvalue weighted by molar-refractivity contribution is 5.93. The van der Waals surface area contributed by atoms with Crippen molar-refractivity contribution in [3.8, 4) is 12.3 Å². The third kappa shape index (κ3) is 9.76. The highest BCUT2D eigenvalue weighted by Crippen LogP contribution is 2.33. The Hall–Kier alpha value is -3.01. The Morgan fingerprint density at radius 2 is 1.68 bits per heavy atom. The van der Waals surface area contributed by atoms with Gasteiger partial charge >= 0.3 is 6.09 Å². The van der Waals surface area contributed by atoms with Gasteiger partial charge in [0, 0.05) is 17.6 Å². The highest BCUT2D eigenvalue weighted by Gasteiger charge is 2.43. The molecule has 1 aromatic rings. The third-order valence-electron chi connectivity index (χ3n) is 6.11. The number of benzene rings is 1. The van der Waals surface area contributed by atoms with E-state index in [9.17, 15) is 14.4 Å². The molecule has 0 saturated carbocycles. The number of hydrogen-bond acceptors (Lipinski definition) is 4. The molecule has 1 rings (SSSR count). The molecule has 7 heteroatoms. The minimum atomic E-state index is -0.978.